The fourth-order valence-corrected chi connectivity index (χ4v) is 1.63. The number of benzene rings is 1. The molecule has 0 amide bonds. The standard InChI is InChI=1S/C12H16NO/c1-8(2)14-10-5-3-9(4-6-10)11-7-12(11)13/h3-6,8,11-13H,7H2,1-2H3. The molecule has 1 aliphatic rings. The third kappa shape index (κ3) is 2.07. The Morgan fingerprint density at radius 2 is 1.86 bits per heavy atom. The molecular weight excluding hydrogens is 174 g/mol. The molecule has 0 bridgehead atoms. The van der Waals surface area contributed by atoms with Crippen molar-refractivity contribution in [2.45, 2.75) is 38.3 Å². The van der Waals surface area contributed by atoms with Crippen molar-refractivity contribution in [3.63, 3.8) is 0 Å². The first-order valence-corrected chi connectivity index (χ1v) is 5.14. The Hall–Kier alpha value is -1.02. The van der Waals surface area contributed by atoms with Crippen LogP contribution < -0.4 is 10.5 Å². The lowest BCUT2D eigenvalue weighted by atomic mass is 10.1. The number of rotatable bonds is 3. The van der Waals surface area contributed by atoms with Crippen molar-refractivity contribution in [2.75, 3.05) is 0 Å². The van der Waals surface area contributed by atoms with E-state index < -0.39 is 0 Å². The molecule has 0 aromatic heterocycles. The molecule has 1 aromatic rings. The zero-order chi connectivity index (χ0) is 10.1. The van der Waals surface area contributed by atoms with E-state index in [4.69, 9.17) is 10.5 Å². The van der Waals surface area contributed by atoms with Gasteiger partial charge in [0.15, 0.2) is 0 Å². The SMILES string of the molecule is CC(C)Oc1ccc(C2CC2[NH])cc1. The molecule has 2 unspecified atom stereocenters. The monoisotopic (exact) mass is 190 g/mol. The number of ether oxygens (including phenoxy) is 1. The van der Waals surface area contributed by atoms with Gasteiger partial charge < -0.3 is 4.74 Å². The summed E-state index contributed by atoms with van der Waals surface area (Å²) in [6.45, 7) is 4.04. The third-order valence-corrected chi connectivity index (χ3v) is 2.47. The van der Waals surface area contributed by atoms with Gasteiger partial charge in [0.05, 0.1) is 6.10 Å². The Labute approximate surface area is 85.1 Å². The van der Waals surface area contributed by atoms with Crippen molar-refractivity contribution < 1.29 is 4.74 Å². The average Bonchev–Trinajstić information content (AvgIpc) is 2.83. The van der Waals surface area contributed by atoms with E-state index >= 15 is 0 Å². The molecular formula is C12H16NO. The first-order chi connectivity index (χ1) is 6.66. The second-order valence-corrected chi connectivity index (χ2v) is 4.18. The largest absolute Gasteiger partial charge is 0.491 e. The number of hydrogen-bond donors (Lipinski definition) is 0. The summed E-state index contributed by atoms with van der Waals surface area (Å²) >= 11 is 0. The molecule has 2 heteroatoms. The maximum Gasteiger partial charge on any atom is 0.119 e. The molecule has 1 N–H and O–H groups in total. The summed E-state index contributed by atoms with van der Waals surface area (Å²) in [5.41, 5.74) is 8.80. The van der Waals surface area contributed by atoms with Crippen molar-refractivity contribution >= 4 is 0 Å². The predicted molar refractivity (Wildman–Crippen MR) is 56.4 cm³/mol. The lowest BCUT2D eigenvalue weighted by Gasteiger charge is -2.09. The van der Waals surface area contributed by atoms with E-state index in [-0.39, 0.29) is 12.1 Å². The van der Waals surface area contributed by atoms with Crippen LogP contribution in [0, 0.1) is 0 Å². The fourth-order valence-electron chi connectivity index (χ4n) is 1.63. The fraction of sp³-hybridized carbons (Fsp3) is 0.500. The van der Waals surface area contributed by atoms with E-state index in [9.17, 15) is 0 Å². The highest BCUT2D eigenvalue weighted by Crippen LogP contribution is 2.40. The summed E-state index contributed by atoms with van der Waals surface area (Å²) in [5.74, 6) is 1.40. The van der Waals surface area contributed by atoms with Gasteiger partial charge >= 0.3 is 0 Å². The lowest BCUT2D eigenvalue weighted by molar-refractivity contribution is 0.242. The Balaban J connectivity index is 2.03. The smallest absolute Gasteiger partial charge is 0.119 e. The molecule has 0 spiro atoms. The summed E-state index contributed by atoms with van der Waals surface area (Å²) in [4.78, 5) is 0. The molecule has 1 saturated carbocycles. The van der Waals surface area contributed by atoms with Crippen LogP contribution in [-0.4, -0.2) is 12.1 Å². The Morgan fingerprint density at radius 1 is 1.29 bits per heavy atom. The van der Waals surface area contributed by atoms with Gasteiger partial charge in [-0.2, -0.15) is 0 Å². The Morgan fingerprint density at radius 3 is 2.29 bits per heavy atom. The van der Waals surface area contributed by atoms with E-state index in [1.165, 1.54) is 5.56 Å². The van der Waals surface area contributed by atoms with Gasteiger partial charge in [0.1, 0.15) is 5.75 Å². The van der Waals surface area contributed by atoms with Gasteiger partial charge in [-0.15, -0.1) is 0 Å². The van der Waals surface area contributed by atoms with Crippen LogP contribution in [-0.2, 0) is 0 Å². The Kier molecular flexibility index (Phi) is 2.46. The predicted octanol–water partition coefficient (Wildman–Crippen LogP) is 2.61. The van der Waals surface area contributed by atoms with Crippen LogP contribution in [0.5, 0.6) is 5.75 Å². The summed E-state index contributed by atoms with van der Waals surface area (Å²) in [5, 5.41) is 0. The molecule has 2 nitrogen and oxygen atoms in total. The van der Waals surface area contributed by atoms with E-state index in [1.54, 1.807) is 0 Å². The van der Waals surface area contributed by atoms with Crippen molar-refractivity contribution in [3.05, 3.63) is 29.8 Å². The zero-order valence-corrected chi connectivity index (χ0v) is 8.66. The maximum absolute atomic E-state index is 7.52. The van der Waals surface area contributed by atoms with Gasteiger partial charge in [-0.25, -0.2) is 0 Å². The molecule has 1 radical (unpaired) electrons. The topological polar surface area (TPSA) is 33.0 Å². The van der Waals surface area contributed by atoms with E-state index in [2.05, 4.69) is 12.1 Å². The first-order valence-electron chi connectivity index (χ1n) is 5.14. The van der Waals surface area contributed by atoms with E-state index in [0.29, 0.717) is 5.92 Å². The average molecular weight is 190 g/mol. The molecule has 1 fully saturated rings. The van der Waals surface area contributed by atoms with Crippen molar-refractivity contribution in [1.82, 2.24) is 5.73 Å². The summed E-state index contributed by atoms with van der Waals surface area (Å²) in [7, 11) is 0. The zero-order valence-electron chi connectivity index (χ0n) is 8.66. The van der Waals surface area contributed by atoms with Gasteiger partial charge in [0.2, 0.25) is 0 Å². The number of hydrogen-bond acceptors (Lipinski definition) is 1. The summed E-state index contributed by atoms with van der Waals surface area (Å²) in [6.07, 6.45) is 1.25. The van der Waals surface area contributed by atoms with Crippen molar-refractivity contribution in [2.24, 2.45) is 0 Å². The molecule has 75 valence electrons. The van der Waals surface area contributed by atoms with Gasteiger partial charge in [-0.1, -0.05) is 12.1 Å². The molecule has 1 aliphatic carbocycles. The minimum Gasteiger partial charge on any atom is -0.491 e. The molecule has 0 heterocycles. The van der Waals surface area contributed by atoms with Crippen molar-refractivity contribution in [1.29, 1.82) is 0 Å². The maximum atomic E-state index is 7.52. The van der Waals surface area contributed by atoms with Gasteiger partial charge in [-0.05, 0) is 38.0 Å². The normalized spacial score (nSPS) is 25.1. The quantitative estimate of drug-likeness (QED) is 0.721. The molecule has 1 aromatic carbocycles. The summed E-state index contributed by atoms with van der Waals surface area (Å²) < 4.78 is 5.55. The van der Waals surface area contributed by atoms with Crippen LogP contribution in [0.4, 0.5) is 0 Å². The van der Waals surface area contributed by atoms with Crippen molar-refractivity contribution in [3.8, 4) is 5.75 Å². The molecule has 2 atom stereocenters. The molecule has 0 saturated heterocycles. The minimum absolute atomic E-state index is 0.131. The lowest BCUT2D eigenvalue weighted by Crippen LogP contribution is -2.05. The van der Waals surface area contributed by atoms with E-state index in [0.717, 1.165) is 12.2 Å². The highest BCUT2D eigenvalue weighted by atomic mass is 16.5. The highest BCUT2D eigenvalue weighted by Gasteiger charge is 2.35. The van der Waals surface area contributed by atoms with E-state index in [1.807, 2.05) is 26.0 Å². The van der Waals surface area contributed by atoms with Crippen LogP contribution in [0.25, 0.3) is 0 Å². The number of nitrogens with one attached hydrogen (secondary N) is 1. The van der Waals surface area contributed by atoms with Gasteiger partial charge in [-0.3, -0.25) is 5.73 Å². The first kappa shape index (κ1) is 9.53. The third-order valence-electron chi connectivity index (χ3n) is 2.47. The molecule has 0 aliphatic heterocycles. The van der Waals surface area contributed by atoms with Gasteiger partial charge in [0, 0.05) is 12.0 Å². The van der Waals surface area contributed by atoms with Crippen LogP contribution in [0.15, 0.2) is 24.3 Å². The molecule has 14 heavy (non-hydrogen) atoms. The minimum atomic E-state index is 0.131. The summed E-state index contributed by atoms with van der Waals surface area (Å²) in [6, 6.07) is 8.29. The van der Waals surface area contributed by atoms with Gasteiger partial charge in [0.25, 0.3) is 0 Å². The van der Waals surface area contributed by atoms with Crippen LogP contribution in [0.3, 0.4) is 0 Å². The second kappa shape index (κ2) is 3.62. The van der Waals surface area contributed by atoms with Crippen LogP contribution in [0.2, 0.25) is 0 Å². The van der Waals surface area contributed by atoms with Crippen LogP contribution in [0.1, 0.15) is 31.7 Å². The Bertz CT molecular complexity index is 305. The highest BCUT2D eigenvalue weighted by molar-refractivity contribution is 5.33. The second-order valence-electron chi connectivity index (χ2n) is 4.18. The van der Waals surface area contributed by atoms with Crippen LogP contribution >= 0.6 is 0 Å². The molecule has 2 rings (SSSR count).